The Labute approximate surface area is 188 Å². The summed E-state index contributed by atoms with van der Waals surface area (Å²) < 4.78 is 10.8. The fourth-order valence-corrected chi connectivity index (χ4v) is 3.48. The van der Waals surface area contributed by atoms with Gasteiger partial charge in [0, 0.05) is 19.5 Å². The van der Waals surface area contributed by atoms with E-state index in [2.05, 4.69) is 0 Å². The summed E-state index contributed by atoms with van der Waals surface area (Å²) in [4.78, 5) is 26.6. The lowest BCUT2D eigenvalue weighted by Crippen LogP contribution is -2.42. The fraction of sp³-hybridized carbons (Fsp3) is 0.348. The topological polar surface area (TPSA) is 106 Å². The normalized spacial score (nSPS) is 13.7. The van der Waals surface area contributed by atoms with Gasteiger partial charge in [-0.2, -0.15) is 0 Å². The molecule has 7 nitrogen and oxygen atoms in total. The molecule has 1 aliphatic rings. The lowest BCUT2D eigenvalue weighted by atomic mass is 9.92. The number of nitrogens with zero attached hydrogens (tertiary/aromatic N) is 1. The summed E-state index contributed by atoms with van der Waals surface area (Å²) in [5.41, 5.74) is 6.63. The van der Waals surface area contributed by atoms with Crippen LogP contribution in [0.2, 0.25) is 0 Å². The van der Waals surface area contributed by atoms with E-state index in [-0.39, 0.29) is 48.7 Å². The van der Waals surface area contributed by atoms with Crippen LogP contribution in [0.3, 0.4) is 0 Å². The van der Waals surface area contributed by atoms with Gasteiger partial charge in [-0.1, -0.05) is 42.5 Å². The van der Waals surface area contributed by atoms with Crippen LogP contribution in [0.25, 0.3) is 0 Å². The number of guanidine groups is 1. The molecule has 1 aliphatic heterocycles. The summed E-state index contributed by atoms with van der Waals surface area (Å²) in [5.74, 6) is -0.180. The number of rotatable bonds is 7. The van der Waals surface area contributed by atoms with E-state index in [0.717, 1.165) is 31.5 Å². The third kappa shape index (κ3) is 7.29. The second-order valence-electron chi connectivity index (χ2n) is 7.39. The third-order valence-electron chi connectivity index (χ3n) is 5.26. The van der Waals surface area contributed by atoms with E-state index in [4.69, 9.17) is 20.6 Å². The summed E-state index contributed by atoms with van der Waals surface area (Å²) in [6, 6.07) is 16.0. The minimum absolute atomic E-state index is 0. The van der Waals surface area contributed by atoms with Crippen molar-refractivity contribution >= 4 is 30.3 Å². The van der Waals surface area contributed by atoms with Crippen LogP contribution in [0, 0.1) is 11.3 Å². The zero-order valence-corrected chi connectivity index (χ0v) is 18.1. The molecule has 3 rings (SSSR count). The minimum atomic E-state index is -0.529. The number of hydrogen-bond donors (Lipinski definition) is 2. The number of ether oxygens (including phenoxy) is 2. The molecular weight excluding hydrogens is 418 g/mol. The average Bonchev–Trinajstić information content (AvgIpc) is 2.77. The molecule has 0 radical (unpaired) electrons. The standard InChI is InChI=1S/C23H27N3O4.ClH/c24-23(25)26-14-12-17(13-15-26)10-11-21(27)30-20-9-5-4-8-19(20)22(28)29-16-18-6-2-1-3-7-18;/h1-9,17H,10-16H2,(H3,24,25);1H. The summed E-state index contributed by atoms with van der Waals surface area (Å²) in [7, 11) is 0. The number of carbonyl (C=O) groups is 2. The zero-order chi connectivity index (χ0) is 21.3. The van der Waals surface area contributed by atoms with Crippen LogP contribution in [0.1, 0.15) is 41.6 Å². The van der Waals surface area contributed by atoms with E-state index in [1.165, 1.54) is 0 Å². The first kappa shape index (κ1) is 24.2. The predicted molar refractivity (Wildman–Crippen MR) is 120 cm³/mol. The quantitative estimate of drug-likeness (QED) is 0.291. The van der Waals surface area contributed by atoms with Crippen molar-refractivity contribution in [3.05, 3.63) is 65.7 Å². The Bertz CT molecular complexity index is 883. The summed E-state index contributed by atoms with van der Waals surface area (Å²) in [6.07, 6.45) is 2.79. The molecule has 166 valence electrons. The van der Waals surface area contributed by atoms with Crippen LogP contribution < -0.4 is 10.5 Å². The highest BCUT2D eigenvalue weighted by Crippen LogP contribution is 2.24. The Morgan fingerprint density at radius 1 is 1.03 bits per heavy atom. The van der Waals surface area contributed by atoms with Crippen LogP contribution in [0.5, 0.6) is 5.75 Å². The molecule has 0 spiro atoms. The molecule has 0 aromatic heterocycles. The number of esters is 2. The number of nitrogens with one attached hydrogen (secondary N) is 1. The van der Waals surface area contributed by atoms with Crippen molar-refractivity contribution in [2.45, 2.75) is 32.3 Å². The lowest BCUT2D eigenvalue weighted by molar-refractivity contribution is -0.134. The van der Waals surface area contributed by atoms with E-state index < -0.39 is 5.97 Å². The maximum Gasteiger partial charge on any atom is 0.342 e. The second-order valence-corrected chi connectivity index (χ2v) is 7.39. The highest BCUT2D eigenvalue weighted by Gasteiger charge is 2.22. The second kappa shape index (κ2) is 12.0. The maximum absolute atomic E-state index is 12.5. The van der Waals surface area contributed by atoms with Crippen molar-refractivity contribution in [1.29, 1.82) is 5.41 Å². The van der Waals surface area contributed by atoms with Gasteiger partial charge < -0.3 is 20.1 Å². The molecule has 31 heavy (non-hydrogen) atoms. The van der Waals surface area contributed by atoms with Crippen molar-refractivity contribution in [2.24, 2.45) is 11.7 Å². The van der Waals surface area contributed by atoms with E-state index in [1.54, 1.807) is 24.3 Å². The number of likely N-dealkylation sites (tertiary alicyclic amines) is 1. The number of carbonyl (C=O) groups excluding carboxylic acids is 2. The monoisotopic (exact) mass is 445 g/mol. The SMILES string of the molecule is Cl.N=C(N)N1CCC(CCC(=O)Oc2ccccc2C(=O)OCc2ccccc2)CC1. The zero-order valence-electron chi connectivity index (χ0n) is 17.3. The van der Waals surface area contributed by atoms with Gasteiger partial charge in [-0.05, 0) is 42.9 Å². The molecule has 8 heteroatoms. The number of para-hydroxylation sites is 1. The van der Waals surface area contributed by atoms with Crippen LogP contribution in [-0.2, 0) is 16.1 Å². The van der Waals surface area contributed by atoms with E-state index in [0.29, 0.717) is 12.3 Å². The largest absolute Gasteiger partial charge is 0.457 e. The van der Waals surface area contributed by atoms with Crippen LogP contribution in [-0.4, -0.2) is 35.9 Å². The minimum Gasteiger partial charge on any atom is -0.457 e. The molecule has 0 saturated carbocycles. The van der Waals surface area contributed by atoms with Gasteiger partial charge in [0.15, 0.2) is 5.96 Å². The number of benzene rings is 2. The molecule has 2 aromatic rings. The molecule has 3 N–H and O–H groups in total. The van der Waals surface area contributed by atoms with Gasteiger partial charge in [0.25, 0.3) is 0 Å². The predicted octanol–water partition coefficient (Wildman–Crippen LogP) is 3.76. The van der Waals surface area contributed by atoms with Crippen LogP contribution in [0.4, 0.5) is 0 Å². The summed E-state index contributed by atoms with van der Waals surface area (Å²) >= 11 is 0. The maximum atomic E-state index is 12.5. The molecule has 1 heterocycles. The van der Waals surface area contributed by atoms with Gasteiger partial charge in [0.05, 0.1) is 0 Å². The fourth-order valence-electron chi connectivity index (χ4n) is 3.48. The van der Waals surface area contributed by atoms with Crippen molar-refractivity contribution < 1.29 is 19.1 Å². The van der Waals surface area contributed by atoms with Crippen molar-refractivity contribution in [3.8, 4) is 5.75 Å². The van der Waals surface area contributed by atoms with Crippen LogP contribution in [0.15, 0.2) is 54.6 Å². The van der Waals surface area contributed by atoms with Crippen molar-refractivity contribution in [1.82, 2.24) is 4.90 Å². The van der Waals surface area contributed by atoms with Gasteiger partial charge in [-0.15, -0.1) is 12.4 Å². The number of hydrogen-bond acceptors (Lipinski definition) is 5. The van der Waals surface area contributed by atoms with Gasteiger partial charge in [-0.3, -0.25) is 10.2 Å². The Morgan fingerprint density at radius 3 is 2.35 bits per heavy atom. The van der Waals surface area contributed by atoms with Gasteiger partial charge in [0.2, 0.25) is 0 Å². The summed E-state index contributed by atoms with van der Waals surface area (Å²) in [6.45, 7) is 1.64. The number of halogens is 1. The first-order valence-electron chi connectivity index (χ1n) is 10.1. The first-order valence-corrected chi connectivity index (χ1v) is 10.1. The molecular formula is C23H28ClN3O4. The Kier molecular flexibility index (Phi) is 9.34. The molecule has 0 aliphatic carbocycles. The first-order chi connectivity index (χ1) is 14.5. The Balaban J connectivity index is 0.00000341. The molecule has 1 fully saturated rings. The average molecular weight is 446 g/mol. The molecule has 1 saturated heterocycles. The van der Waals surface area contributed by atoms with Crippen molar-refractivity contribution in [3.63, 3.8) is 0 Å². The van der Waals surface area contributed by atoms with Gasteiger partial charge in [0.1, 0.15) is 17.9 Å². The van der Waals surface area contributed by atoms with Gasteiger partial charge in [-0.25, -0.2) is 4.79 Å². The molecule has 0 bridgehead atoms. The van der Waals surface area contributed by atoms with E-state index in [9.17, 15) is 9.59 Å². The molecule has 0 amide bonds. The highest BCUT2D eigenvalue weighted by atomic mass is 35.5. The van der Waals surface area contributed by atoms with Crippen LogP contribution >= 0.6 is 12.4 Å². The van der Waals surface area contributed by atoms with E-state index in [1.807, 2.05) is 35.2 Å². The number of piperidine rings is 1. The van der Waals surface area contributed by atoms with E-state index >= 15 is 0 Å². The smallest absolute Gasteiger partial charge is 0.342 e. The molecule has 0 unspecified atom stereocenters. The van der Waals surface area contributed by atoms with Crippen molar-refractivity contribution in [2.75, 3.05) is 13.1 Å². The Hall–Kier alpha value is -3.06. The third-order valence-corrected chi connectivity index (χ3v) is 5.26. The van der Waals surface area contributed by atoms with Gasteiger partial charge >= 0.3 is 11.9 Å². The lowest BCUT2D eigenvalue weighted by Gasteiger charge is -2.31. The highest BCUT2D eigenvalue weighted by molar-refractivity contribution is 5.93. The number of nitrogens with two attached hydrogens (primary N) is 1. The molecule has 0 atom stereocenters. The summed E-state index contributed by atoms with van der Waals surface area (Å²) in [5, 5.41) is 7.48. The Morgan fingerprint density at radius 2 is 1.68 bits per heavy atom. The molecule has 2 aromatic carbocycles.